The first-order valence-electron chi connectivity index (χ1n) is 15.5. The van der Waals surface area contributed by atoms with Crippen LogP contribution in [0.1, 0.15) is 84.4 Å². The van der Waals surface area contributed by atoms with Gasteiger partial charge in [-0.1, -0.05) is 67.2 Å². The molecule has 1 fully saturated rings. The summed E-state index contributed by atoms with van der Waals surface area (Å²) < 4.78 is 14.1. The molecule has 0 amide bonds. The zero-order valence-corrected chi connectivity index (χ0v) is 30.6. The van der Waals surface area contributed by atoms with Crippen LogP contribution in [-0.2, 0) is 15.3 Å². The van der Waals surface area contributed by atoms with Crippen molar-refractivity contribution in [1.29, 1.82) is 0 Å². The Bertz CT molecular complexity index is 952. The average molecular weight is 576 g/mol. The van der Waals surface area contributed by atoms with Gasteiger partial charge in [-0.15, -0.1) is 0 Å². The molecule has 6 heteroatoms. The fourth-order valence-corrected chi connectivity index (χ4v) is 16.8. The Hall–Kier alpha value is -0.409. The third kappa shape index (κ3) is 6.40. The van der Waals surface area contributed by atoms with Crippen LogP contribution in [0, 0.1) is 24.7 Å². The van der Waals surface area contributed by atoms with Gasteiger partial charge < -0.3 is 13.8 Å². The van der Waals surface area contributed by atoms with Gasteiger partial charge in [0.25, 0.3) is 0 Å². The summed E-state index contributed by atoms with van der Waals surface area (Å²) in [5.41, 5.74) is 7.84. The largest absolute Gasteiger partial charge is 0.416 e. The molecule has 3 nitrogen and oxygen atoms in total. The number of hydrogen-bond acceptors (Lipinski definition) is 3. The Morgan fingerprint density at radius 1 is 0.921 bits per heavy atom. The Kier molecular flexibility index (Phi) is 9.39. The molecule has 0 spiro atoms. The maximum absolute atomic E-state index is 7.25. The van der Waals surface area contributed by atoms with E-state index in [1.165, 1.54) is 17.7 Å². The molecular formula is C32H61NO2Si3. The van der Waals surface area contributed by atoms with E-state index in [2.05, 4.69) is 119 Å². The zero-order valence-electron chi connectivity index (χ0n) is 27.6. The van der Waals surface area contributed by atoms with Crippen LogP contribution in [0.25, 0.3) is 0 Å². The molecule has 0 radical (unpaired) electrons. The minimum absolute atomic E-state index is 0.105. The first-order valence-corrected chi connectivity index (χ1v) is 24.5. The summed E-state index contributed by atoms with van der Waals surface area (Å²) in [5, 5.41) is 0. The number of rotatable bonds is 11. The van der Waals surface area contributed by atoms with Crippen molar-refractivity contribution < 1.29 is 8.85 Å². The van der Waals surface area contributed by atoms with E-state index >= 15 is 0 Å². The topological polar surface area (TPSA) is 30.5 Å². The highest BCUT2D eigenvalue weighted by atomic mass is 28.4. The standard InChI is InChI=1S/C32H61NO2Si3/c1-21(2)38(22(3)4,23(5)6)34-20-26-18-25-16-17-29(33-36(10,11)12)24(7)30(25)31-27(26)19-28(31)32(8,9)35-37(13,14)15/h16-17,21-23,26-28,31,33H,18-20H2,1-15H3/t26-,27-,28+,31+/m1/s1. The lowest BCUT2D eigenvalue weighted by Crippen LogP contribution is -2.57. The summed E-state index contributed by atoms with van der Waals surface area (Å²) in [6, 6.07) is 4.82. The van der Waals surface area contributed by atoms with Crippen molar-refractivity contribution in [3.8, 4) is 0 Å². The summed E-state index contributed by atoms with van der Waals surface area (Å²) in [5.74, 6) is 2.42. The molecule has 2 aliphatic rings. The van der Waals surface area contributed by atoms with E-state index in [1.807, 2.05) is 0 Å². The SMILES string of the molecule is Cc1c(N[Si](C)(C)C)ccc2c1[C@H]1[C@H](C[C@@H]1C(C)(C)O[Si](C)(C)C)[C@@H](CO[Si](C(C)C)(C(C)C)C(C)C)C2. The Labute approximate surface area is 239 Å². The molecular weight excluding hydrogens is 515 g/mol. The molecule has 218 valence electrons. The molecule has 0 aliphatic heterocycles. The van der Waals surface area contributed by atoms with E-state index in [4.69, 9.17) is 8.85 Å². The van der Waals surface area contributed by atoms with Crippen LogP contribution in [-0.4, -0.2) is 37.1 Å². The summed E-state index contributed by atoms with van der Waals surface area (Å²) in [6.07, 6.45) is 2.42. The van der Waals surface area contributed by atoms with E-state index in [1.54, 1.807) is 11.1 Å². The second kappa shape index (κ2) is 11.1. The van der Waals surface area contributed by atoms with E-state index in [9.17, 15) is 0 Å². The van der Waals surface area contributed by atoms with Gasteiger partial charge in [-0.25, -0.2) is 0 Å². The van der Waals surface area contributed by atoms with E-state index in [0.717, 1.165) is 13.0 Å². The van der Waals surface area contributed by atoms with Gasteiger partial charge in [0, 0.05) is 12.3 Å². The van der Waals surface area contributed by atoms with Crippen LogP contribution in [0.3, 0.4) is 0 Å². The average Bonchev–Trinajstić information content (AvgIpc) is 2.67. The van der Waals surface area contributed by atoms with Crippen molar-refractivity contribution in [1.82, 2.24) is 0 Å². The number of nitrogens with one attached hydrogen (secondary N) is 1. The lowest BCUT2D eigenvalue weighted by Gasteiger charge is -2.59. The van der Waals surface area contributed by atoms with E-state index in [-0.39, 0.29) is 5.60 Å². The lowest BCUT2D eigenvalue weighted by molar-refractivity contribution is -0.0753. The number of benzene rings is 1. The first kappa shape index (κ1) is 32.1. The molecule has 1 aromatic rings. The van der Waals surface area contributed by atoms with Gasteiger partial charge in [-0.05, 0) is 116 Å². The monoisotopic (exact) mass is 575 g/mol. The molecule has 0 heterocycles. The molecule has 0 unspecified atom stereocenters. The van der Waals surface area contributed by atoms with E-state index in [0.29, 0.717) is 40.3 Å². The fraction of sp³-hybridized carbons (Fsp3) is 0.812. The summed E-state index contributed by atoms with van der Waals surface area (Å²) in [4.78, 5) is 3.94. The van der Waals surface area contributed by atoms with Gasteiger partial charge in [-0.3, -0.25) is 0 Å². The maximum atomic E-state index is 7.25. The number of anilines is 1. The second-order valence-electron chi connectivity index (χ2n) is 16.1. The number of fused-ring (bicyclic) bond motifs is 3. The normalized spacial score (nSPS) is 24.5. The van der Waals surface area contributed by atoms with Crippen molar-refractivity contribution in [2.45, 2.75) is 143 Å². The highest BCUT2D eigenvalue weighted by molar-refractivity contribution is 6.79. The first-order chi connectivity index (χ1) is 17.2. The molecule has 1 saturated carbocycles. The van der Waals surface area contributed by atoms with Crippen molar-refractivity contribution >= 4 is 30.6 Å². The highest BCUT2D eigenvalue weighted by Gasteiger charge is 2.56. The summed E-state index contributed by atoms with van der Waals surface area (Å²) in [7, 11) is -5.00. The molecule has 1 aromatic carbocycles. The molecule has 38 heavy (non-hydrogen) atoms. The van der Waals surface area contributed by atoms with Gasteiger partial charge in [0.05, 0.1) is 5.60 Å². The quantitative estimate of drug-likeness (QED) is 0.266. The fourth-order valence-electron chi connectivity index (χ4n) is 8.50. The van der Waals surface area contributed by atoms with Crippen molar-refractivity contribution in [2.75, 3.05) is 11.6 Å². The van der Waals surface area contributed by atoms with Gasteiger partial charge in [0.15, 0.2) is 16.6 Å². The van der Waals surface area contributed by atoms with Gasteiger partial charge in [0.1, 0.15) is 8.24 Å². The summed E-state index contributed by atoms with van der Waals surface area (Å²) in [6.45, 7) is 36.7. The van der Waals surface area contributed by atoms with Crippen molar-refractivity contribution in [2.24, 2.45) is 17.8 Å². The molecule has 4 atom stereocenters. The molecule has 3 rings (SSSR count). The third-order valence-electron chi connectivity index (χ3n) is 9.67. The smallest absolute Gasteiger partial charge is 0.200 e. The van der Waals surface area contributed by atoms with E-state index < -0.39 is 24.9 Å². The predicted octanol–water partition coefficient (Wildman–Crippen LogP) is 9.96. The van der Waals surface area contributed by atoms with Gasteiger partial charge >= 0.3 is 0 Å². The second-order valence-corrected chi connectivity index (χ2v) is 30.8. The predicted molar refractivity (Wildman–Crippen MR) is 175 cm³/mol. The van der Waals surface area contributed by atoms with Crippen LogP contribution in [0.5, 0.6) is 0 Å². The Balaban J connectivity index is 2.01. The van der Waals surface area contributed by atoms with Crippen LogP contribution < -0.4 is 4.98 Å². The minimum Gasteiger partial charge on any atom is -0.416 e. The highest BCUT2D eigenvalue weighted by Crippen LogP contribution is 2.61. The van der Waals surface area contributed by atoms with Gasteiger partial charge in [0.2, 0.25) is 0 Å². The summed E-state index contributed by atoms with van der Waals surface area (Å²) >= 11 is 0. The lowest BCUT2D eigenvalue weighted by atomic mass is 9.49. The van der Waals surface area contributed by atoms with Crippen LogP contribution in [0.2, 0.25) is 55.9 Å². The molecule has 2 aliphatic carbocycles. The van der Waals surface area contributed by atoms with Crippen LogP contribution >= 0.6 is 0 Å². The zero-order chi connectivity index (χ0) is 29.0. The Morgan fingerprint density at radius 2 is 1.47 bits per heavy atom. The molecule has 0 bridgehead atoms. The van der Waals surface area contributed by atoms with Crippen molar-refractivity contribution in [3.05, 3.63) is 28.8 Å². The molecule has 0 aromatic heterocycles. The van der Waals surface area contributed by atoms with Crippen molar-refractivity contribution in [3.63, 3.8) is 0 Å². The molecule has 0 saturated heterocycles. The Morgan fingerprint density at radius 3 is 1.95 bits per heavy atom. The molecule has 1 N–H and O–H groups in total. The van der Waals surface area contributed by atoms with Crippen LogP contribution in [0.4, 0.5) is 5.69 Å². The maximum Gasteiger partial charge on any atom is 0.200 e. The van der Waals surface area contributed by atoms with Gasteiger partial charge in [-0.2, -0.15) is 0 Å². The minimum atomic E-state index is -1.89. The number of hydrogen-bond donors (Lipinski definition) is 1. The third-order valence-corrected chi connectivity index (χ3v) is 17.9. The van der Waals surface area contributed by atoms with Crippen LogP contribution in [0.15, 0.2) is 12.1 Å².